The third kappa shape index (κ3) is 12.8. The van der Waals surface area contributed by atoms with Gasteiger partial charge in [0.2, 0.25) is 29.5 Å². The molecule has 20 heteroatoms. The number of aliphatic carboxylic acids is 2. The number of aliphatic hydroxyl groups is 3. The van der Waals surface area contributed by atoms with Gasteiger partial charge in [-0.2, -0.15) is 0 Å². The number of amides is 5. The molecular weight excluding hydrogens is 620 g/mol. The summed E-state index contributed by atoms with van der Waals surface area (Å²) in [6.07, 6.45) is -8.62. The van der Waals surface area contributed by atoms with Gasteiger partial charge in [0.25, 0.3) is 0 Å². The Morgan fingerprint density at radius 1 is 0.870 bits per heavy atom. The highest BCUT2D eigenvalue weighted by molar-refractivity contribution is 5.91. The van der Waals surface area contributed by atoms with Crippen LogP contribution >= 0.6 is 0 Å². The lowest BCUT2D eigenvalue weighted by Gasteiger charge is -2.42. The first-order chi connectivity index (χ1) is 21.4. The summed E-state index contributed by atoms with van der Waals surface area (Å²) in [6, 6.07) is -5.28. The smallest absolute Gasteiger partial charge is 0.326 e. The van der Waals surface area contributed by atoms with Crippen LogP contribution in [0.4, 0.5) is 0 Å². The first-order valence-electron chi connectivity index (χ1n) is 14.4. The van der Waals surface area contributed by atoms with Crippen molar-refractivity contribution in [3.8, 4) is 0 Å². The number of rotatable bonds is 20. The summed E-state index contributed by atoms with van der Waals surface area (Å²) in [5, 5.41) is 55.7. The van der Waals surface area contributed by atoms with E-state index in [9.17, 15) is 59.1 Å². The number of nitrogens with two attached hydrogens (primary N) is 3. The molecule has 0 aromatic rings. The Labute approximate surface area is 263 Å². The zero-order valence-electron chi connectivity index (χ0n) is 25.4. The van der Waals surface area contributed by atoms with Gasteiger partial charge in [0, 0.05) is 18.8 Å². The molecule has 1 fully saturated rings. The lowest BCUT2D eigenvalue weighted by atomic mass is 9.88. The average molecular weight is 665 g/mol. The molecule has 0 spiro atoms. The summed E-state index contributed by atoms with van der Waals surface area (Å²) in [6.45, 7) is 1.73. The molecule has 46 heavy (non-hydrogen) atoms. The van der Waals surface area contributed by atoms with Crippen LogP contribution in [0.1, 0.15) is 52.4 Å². The number of carboxylic acid groups (broad SMARTS) is 2. The predicted molar refractivity (Wildman–Crippen MR) is 153 cm³/mol. The second kappa shape index (κ2) is 18.9. The van der Waals surface area contributed by atoms with Crippen molar-refractivity contribution in [3.63, 3.8) is 0 Å². The van der Waals surface area contributed by atoms with Gasteiger partial charge < -0.3 is 68.2 Å². The SMILES string of the molecule is CC(NC(=O)C(C)OC1C(O)C(CO)OC(O)C1CC(N)=O)C(=O)NC(CCC(=O)NC(CCCC(N)C(N)=O)C(=O)O)C(=O)O. The molecule has 10 atom stereocenters. The second-order valence-corrected chi connectivity index (χ2v) is 10.9. The highest BCUT2D eigenvalue weighted by Gasteiger charge is 2.47. The van der Waals surface area contributed by atoms with Gasteiger partial charge in [-0.3, -0.25) is 24.0 Å². The average Bonchev–Trinajstić information content (AvgIpc) is 2.96. The van der Waals surface area contributed by atoms with Crippen LogP contribution in [0.5, 0.6) is 0 Å². The zero-order valence-corrected chi connectivity index (χ0v) is 25.4. The van der Waals surface area contributed by atoms with Gasteiger partial charge in [-0.25, -0.2) is 9.59 Å². The minimum Gasteiger partial charge on any atom is -0.480 e. The molecule has 1 aliphatic heterocycles. The van der Waals surface area contributed by atoms with Gasteiger partial charge >= 0.3 is 11.9 Å². The van der Waals surface area contributed by atoms with E-state index in [0.717, 1.165) is 0 Å². The number of ether oxygens (including phenoxy) is 2. The van der Waals surface area contributed by atoms with E-state index in [1.54, 1.807) is 0 Å². The fraction of sp³-hybridized carbons (Fsp3) is 0.731. The van der Waals surface area contributed by atoms with Crippen LogP contribution in [0, 0.1) is 5.92 Å². The van der Waals surface area contributed by atoms with Crippen molar-refractivity contribution in [1.82, 2.24) is 16.0 Å². The van der Waals surface area contributed by atoms with Crippen molar-refractivity contribution in [3.05, 3.63) is 0 Å². The number of carbonyl (C=O) groups is 7. The molecular formula is C26H44N6O14. The molecule has 0 bridgehead atoms. The van der Waals surface area contributed by atoms with Crippen LogP contribution in [0.3, 0.4) is 0 Å². The number of carboxylic acids is 2. The first kappa shape index (κ1) is 40.1. The van der Waals surface area contributed by atoms with Crippen LogP contribution in [0.25, 0.3) is 0 Å². The maximum atomic E-state index is 12.8. The van der Waals surface area contributed by atoms with E-state index in [-0.39, 0.29) is 19.3 Å². The third-order valence-corrected chi connectivity index (χ3v) is 7.20. The topological polar surface area (TPSA) is 353 Å². The van der Waals surface area contributed by atoms with Gasteiger partial charge in [-0.05, 0) is 39.5 Å². The van der Waals surface area contributed by atoms with Crippen LogP contribution in [-0.4, -0.2) is 128 Å². The molecule has 5 amide bonds. The van der Waals surface area contributed by atoms with Crippen molar-refractivity contribution < 1.29 is 68.6 Å². The second-order valence-electron chi connectivity index (χ2n) is 10.9. The molecule has 0 aromatic carbocycles. The van der Waals surface area contributed by atoms with E-state index in [0.29, 0.717) is 0 Å². The largest absolute Gasteiger partial charge is 0.480 e. The number of hydrogen-bond donors (Lipinski definition) is 11. The molecule has 262 valence electrons. The molecule has 14 N–H and O–H groups in total. The van der Waals surface area contributed by atoms with Crippen LogP contribution < -0.4 is 33.2 Å². The van der Waals surface area contributed by atoms with E-state index in [1.807, 2.05) is 0 Å². The fourth-order valence-corrected chi connectivity index (χ4v) is 4.50. The monoisotopic (exact) mass is 664 g/mol. The Hall–Kier alpha value is -3.95. The summed E-state index contributed by atoms with van der Waals surface area (Å²) < 4.78 is 10.7. The van der Waals surface area contributed by atoms with Crippen molar-refractivity contribution in [2.75, 3.05) is 6.61 Å². The third-order valence-electron chi connectivity index (χ3n) is 7.20. The first-order valence-corrected chi connectivity index (χ1v) is 14.4. The highest BCUT2D eigenvalue weighted by atomic mass is 16.6. The minimum absolute atomic E-state index is 0.0810. The molecule has 1 saturated heterocycles. The van der Waals surface area contributed by atoms with Crippen molar-refractivity contribution in [2.24, 2.45) is 23.1 Å². The summed E-state index contributed by atoms with van der Waals surface area (Å²) in [4.78, 5) is 83.4. The Balaban J connectivity index is 2.73. The summed E-state index contributed by atoms with van der Waals surface area (Å²) in [7, 11) is 0. The molecule has 1 heterocycles. The Morgan fingerprint density at radius 2 is 1.46 bits per heavy atom. The maximum absolute atomic E-state index is 12.8. The number of aliphatic hydroxyl groups excluding tert-OH is 3. The Morgan fingerprint density at radius 3 is 1.98 bits per heavy atom. The van der Waals surface area contributed by atoms with E-state index >= 15 is 0 Å². The normalized spacial score (nSPS) is 24.3. The van der Waals surface area contributed by atoms with E-state index in [1.165, 1.54) is 13.8 Å². The van der Waals surface area contributed by atoms with Crippen molar-refractivity contribution in [2.45, 2.75) is 107 Å². The number of primary amides is 2. The van der Waals surface area contributed by atoms with Crippen LogP contribution in [0.15, 0.2) is 0 Å². The lowest BCUT2D eigenvalue weighted by molar-refractivity contribution is -0.282. The molecule has 0 aromatic heterocycles. The Bertz CT molecular complexity index is 1110. The van der Waals surface area contributed by atoms with Gasteiger partial charge in [0.15, 0.2) is 6.29 Å². The van der Waals surface area contributed by atoms with Crippen molar-refractivity contribution in [1.29, 1.82) is 0 Å². The van der Waals surface area contributed by atoms with Crippen LogP contribution in [0.2, 0.25) is 0 Å². The quantitative estimate of drug-likeness (QED) is 0.0579. The molecule has 1 rings (SSSR count). The molecule has 0 radical (unpaired) electrons. The summed E-state index contributed by atoms with van der Waals surface area (Å²) in [5.74, 6) is -8.41. The van der Waals surface area contributed by atoms with Gasteiger partial charge in [0.1, 0.15) is 36.4 Å². The zero-order chi connectivity index (χ0) is 35.3. The van der Waals surface area contributed by atoms with Gasteiger partial charge in [-0.1, -0.05) is 0 Å². The molecule has 0 saturated carbocycles. The van der Waals surface area contributed by atoms with E-state index in [2.05, 4.69) is 16.0 Å². The Kier molecular flexibility index (Phi) is 16.5. The fourth-order valence-electron chi connectivity index (χ4n) is 4.50. The molecule has 10 unspecified atom stereocenters. The predicted octanol–water partition coefficient (Wildman–Crippen LogP) is -5.27. The van der Waals surface area contributed by atoms with Gasteiger partial charge in [0.05, 0.1) is 18.8 Å². The molecule has 1 aliphatic rings. The lowest BCUT2D eigenvalue weighted by Crippen LogP contribution is -2.59. The summed E-state index contributed by atoms with van der Waals surface area (Å²) in [5.41, 5.74) is 15.7. The number of carbonyl (C=O) groups excluding carboxylic acids is 5. The summed E-state index contributed by atoms with van der Waals surface area (Å²) >= 11 is 0. The van der Waals surface area contributed by atoms with E-state index < -0.39 is 128 Å². The minimum atomic E-state index is -1.67. The number of hydrogen-bond acceptors (Lipinski definition) is 13. The van der Waals surface area contributed by atoms with Crippen LogP contribution in [-0.2, 0) is 43.0 Å². The number of nitrogens with one attached hydrogen (secondary N) is 3. The van der Waals surface area contributed by atoms with Gasteiger partial charge in [-0.15, -0.1) is 0 Å². The standard InChI is InChI=1S/C26H44N6O14/c1-10(30-23(39)11(2)45-20-12(8-17(28)34)26(44)46-16(9-33)19(20)36)22(38)32-15(25(42)43)6-7-18(35)31-14(24(40)41)5-3-4-13(27)21(29)37/h10-16,19-20,26,33,36,44H,3-9,27H2,1-2H3,(H2,28,34)(H2,29,37)(H,30,39)(H,31,35)(H,32,38)(H,40,41)(H,42,43). The van der Waals surface area contributed by atoms with E-state index in [4.69, 9.17) is 26.7 Å². The maximum Gasteiger partial charge on any atom is 0.326 e. The molecule has 0 aliphatic carbocycles. The highest BCUT2D eigenvalue weighted by Crippen LogP contribution is 2.30. The van der Waals surface area contributed by atoms with Crippen molar-refractivity contribution >= 4 is 41.5 Å². The molecule has 20 nitrogen and oxygen atoms in total.